The number of carbonyl (C=O) groups is 2. The summed E-state index contributed by atoms with van der Waals surface area (Å²) in [4.78, 5) is 26.6. The molecule has 4 aliphatic rings. The molecule has 0 unspecified atom stereocenters. The van der Waals surface area contributed by atoms with Crippen LogP contribution in [0.3, 0.4) is 0 Å². The molecule has 16 rings (SSSR count). The maximum atomic E-state index is 13.5. The van der Waals surface area contributed by atoms with E-state index in [1.54, 1.807) is 0 Å². The molecule has 0 amide bonds. The second-order valence-electron chi connectivity index (χ2n) is 34.0. The Morgan fingerprint density at radius 3 is 0.599 bits per heavy atom. The SMILES string of the molecule is COC(=O)CS[C@H]1O[C@H](CO[C@H]2O[C@H](CO[C@H]3O[C@H](CO[C@H]4O[C@H](COC(C)=O)[C@@H](OCc5ccccc5)[C@H](OCc5ccccc5)[C@H]4OCc4ccccc4)[C@@H](OCc4ccccc4)[C@H](OCc4ccccc4)[C@H]3OCc3ccccc3)[C@@H](OCc3ccccc3)[C@H](OCc3ccccc3)[C@H]2OCc2ccccc2)[C@@H](OCc2ccccc2)[C@H](OCc2ccccc2)[C@H]1OCc1ccccc1. The standard InChI is InChI=1S/C113H120O23S/c1-80(114)117-75-93-98(118-63-81-39-15-3-16-40-81)102(122-67-85-47-23-7-24-48-85)106(126-71-89-55-31-11-32-56-89)110(133-93)130-76-94-99(119-64-82-41-17-4-18-42-82)103(123-68-86-49-25-8-26-50-86)107(127-72-90-57-33-12-34-58-90)111(134-94)131-77-95-100(120-65-83-43-19-5-20-44-83)104(124-69-87-51-27-9-28-52-87)108(128-73-91-59-35-13-36-60-91)112(135-95)132-78-96-101(121-66-84-45-21-6-22-46-84)105(125-70-88-53-29-10-30-54-88)109(113(136-96)137-79-97(115)116-2)129-74-92-61-37-14-38-62-92/h3-62,93-96,98-113H,63-79H2,1-2H3/t93-,94-,95-,96-,98-,99-,100-,101-,102+,103+,104+,105+,106-,107-,108-,109-,110+,111+,112+,113-/m1/s1. The topological polar surface area (TPSA) is 228 Å². The Morgan fingerprint density at radius 2 is 0.394 bits per heavy atom. The zero-order valence-electron chi connectivity index (χ0n) is 77.0. The van der Waals surface area contributed by atoms with E-state index in [9.17, 15) is 9.59 Å². The van der Waals surface area contributed by atoms with Gasteiger partial charge in [0, 0.05) is 6.92 Å². The highest BCUT2D eigenvalue weighted by Crippen LogP contribution is 2.41. The minimum absolute atomic E-state index is 0.0678. The molecule has 0 spiro atoms. The second-order valence-corrected chi connectivity index (χ2v) is 35.1. The molecule has 24 heteroatoms. The lowest BCUT2D eigenvalue weighted by Crippen LogP contribution is -2.65. The van der Waals surface area contributed by atoms with Gasteiger partial charge in [-0.05, 0) is 66.8 Å². The molecule has 716 valence electrons. The number of hydrogen-bond acceptors (Lipinski definition) is 24. The number of hydrogen-bond donors (Lipinski definition) is 0. The molecular formula is C113H120O23S. The number of methoxy groups -OCH3 is 1. The van der Waals surface area contributed by atoms with E-state index in [1.165, 1.54) is 25.8 Å². The Hall–Kier alpha value is -10.8. The van der Waals surface area contributed by atoms with E-state index in [2.05, 4.69) is 0 Å². The van der Waals surface area contributed by atoms with Gasteiger partial charge in [0.25, 0.3) is 0 Å². The van der Waals surface area contributed by atoms with Crippen molar-refractivity contribution in [3.05, 3.63) is 431 Å². The van der Waals surface area contributed by atoms with E-state index in [0.717, 1.165) is 66.8 Å². The number of esters is 2. The third-order valence-electron chi connectivity index (χ3n) is 24.1. The summed E-state index contributed by atoms with van der Waals surface area (Å²) in [5.41, 5.74) is 9.65. The highest BCUT2D eigenvalue weighted by Gasteiger charge is 2.56. The first-order valence-corrected chi connectivity index (χ1v) is 47.8. The molecule has 4 saturated heterocycles. The van der Waals surface area contributed by atoms with Gasteiger partial charge >= 0.3 is 11.9 Å². The van der Waals surface area contributed by atoms with Gasteiger partial charge in [-0.2, -0.15) is 0 Å². The molecule has 12 aromatic carbocycles. The summed E-state index contributed by atoms with van der Waals surface area (Å²) < 4.78 is 151. The second kappa shape index (κ2) is 53.4. The maximum Gasteiger partial charge on any atom is 0.315 e. The van der Waals surface area contributed by atoms with E-state index in [1.807, 2.05) is 364 Å². The fraction of sp³-hybridized carbons (Fsp3) is 0.345. The predicted octanol–water partition coefficient (Wildman–Crippen LogP) is 18.4. The van der Waals surface area contributed by atoms with Crippen molar-refractivity contribution in [1.29, 1.82) is 0 Å². The highest BCUT2D eigenvalue weighted by molar-refractivity contribution is 8.00. The molecule has 4 heterocycles. The van der Waals surface area contributed by atoms with E-state index >= 15 is 0 Å². The summed E-state index contributed by atoms with van der Waals surface area (Å²) in [5, 5.41) is 0. The van der Waals surface area contributed by atoms with Crippen molar-refractivity contribution in [2.45, 2.75) is 208 Å². The fourth-order valence-electron chi connectivity index (χ4n) is 17.0. The number of rotatable bonds is 50. The molecule has 0 aliphatic carbocycles. The Bertz CT molecular complexity index is 5290. The molecule has 0 saturated carbocycles. The van der Waals surface area contributed by atoms with Gasteiger partial charge in [0.15, 0.2) is 18.9 Å². The zero-order chi connectivity index (χ0) is 93.6. The van der Waals surface area contributed by atoms with Crippen molar-refractivity contribution < 1.29 is 109 Å². The Labute approximate surface area is 806 Å². The molecule has 137 heavy (non-hydrogen) atoms. The Balaban J connectivity index is 0.800. The van der Waals surface area contributed by atoms with Gasteiger partial charge in [-0.3, -0.25) is 9.59 Å². The van der Waals surface area contributed by atoms with Crippen LogP contribution in [-0.2, 0) is 188 Å². The average molecular weight is 1880 g/mol. The molecule has 4 fully saturated rings. The Kier molecular flexibility index (Phi) is 38.6. The molecule has 0 N–H and O–H groups in total. The van der Waals surface area contributed by atoms with Gasteiger partial charge in [-0.15, -0.1) is 11.8 Å². The van der Waals surface area contributed by atoms with Crippen molar-refractivity contribution in [2.24, 2.45) is 0 Å². The number of ether oxygens (including phenoxy) is 21. The number of benzene rings is 12. The van der Waals surface area contributed by atoms with Gasteiger partial charge in [0.05, 0.1) is 112 Å². The lowest BCUT2D eigenvalue weighted by atomic mass is 9.96. The van der Waals surface area contributed by atoms with Crippen LogP contribution in [0.4, 0.5) is 0 Å². The summed E-state index contributed by atoms with van der Waals surface area (Å²) in [6.07, 6.45) is -20.0. The van der Waals surface area contributed by atoms with Gasteiger partial charge < -0.3 is 99.5 Å². The first kappa shape index (κ1) is 99.2. The summed E-state index contributed by atoms with van der Waals surface area (Å²) in [6.45, 7) is 1.67. The van der Waals surface area contributed by atoms with E-state index in [0.29, 0.717) is 0 Å². The third kappa shape index (κ3) is 29.9. The molecule has 23 nitrogen and oxygen atoms in total. The van der Waals surface area contributed by atoms with Gasteiger partial charge in [-0.25, -0.2) is 0 Å². The molecule has 12 aromatic rings. The van der Waals surface area contributed by atoms with Crippen LogP contribution in [0.5, 0.6) is 0 Å². The van der Waals surface area contributed by atoms with Crippen molar-refractivity contribution >= 4 is 23.7 Å². The van der Waals surface area contributed by atoms with Crippen molar-refractivity contribution in [2.75, 3.05) is 39.3 Å². The van der Waals surface area contributed by atoms with Gasteiger partial charge in [-0.1, -0.05) is 364 Å². The van der Waals surface area contributed by atoms with Crippen LogP contribution in [-0.4, -0.2) is 173 Å². The first-order chi connectivity index (χ1) is 67.6. The summed E-state index contributed by atoms with van der Waals surface area (Å²) in [6, 6.07) is 118. The van der Waals surface area contributed by atoms with E-state index in [-0.39, 0.29) is 111 Å². The number of carbonyl (C=O) groups excluding carboxylic acids is 2. The quantitative estimate of drug-likeness (QED) is 0.0323. The molecular weight excluding hydrogens is 1760 g/mol. The average Bonchev–Trinajstić information content (AvgIpc) is 0.780. The lowest BCUT2D eigenvalue weighted by Gasteiger charge is -2.49. The van der Waals surface area contributed by atoms with Crippen LogP contribution in [0.15, 0.2) is 364 Å². The van der Waals surface area contributed by atoms with Crippen molar-refractivity contribution in [3.63, 3.8) is 0 Å². The fourth-order valence-corrected chi connectivity index (χ4v) is 18.1. The van der Waals surface area contributed by atoms with Gasteiger partial charge in [0.1, 0.15) is 110 Å². The summed E-state index contributed by atoms with van der Waals surface area (Å²) in [5.74, 6) is -1.09. The van der Waals surface area contributed by atoms with Crippen LogP contribution in [0.25, 0.3) is 0 Å². The smallest absolute Gasteiger partial charge is 0.315 e. The highest BCUT2D eigenvalue weighted by atomic mass is 32.2. The summed E-state index contributed by atoms with van der Waals surface area (Å²) >= 11 is 1.23. The van der Waals surface area contributed by atoms with Crippen molar-refractivity contribution in [1.82, 2.24) is 0 Å². The van der Waals surface area contributed by atoms with Crippen LogP contribution >= 0.6 is 11.8 Å². The molecule has 0 radical (unpaired) electrons. The zero-order valence-corrected chi connectivity index (χ0v) is 77.8. The van der Waals surface area contributed by atoms with Crippen LogP contribution in [0, 0.1) is 0 Å². The largest absolute Gasteiger partial charge is 0.468 e. The van der Waals surface area contributed by atoms with Gasteiger partial charge in [0.2, 0.25) is 0 Å². The van der Waals surface area contributed by atoms with E-state index in [4.69, 9.17) is 99.5 Å². The van der Waals surface area contributed by atoms with Crippen LogP contribution < -0.4 is 0 Å². The molecule has 0 aromatic heterocycles. The number of thioether (sulfide) groups is 1. The van der Waals surface area contributed by atoms with Crippen molar-refractivity contribution in [3.8, 4) is 0 Å². The molecule has 4 aliphatic heterocycles. The normalized spacial score (nSPS) is 24.9. The molecule has 0 bridgehead atoms. The lowest BCUT2D eigenvalue weighted by molar-refractivity contribution is -0.364. The minimum atomic E-state index is -1.37. The minimum Gasteiger partial charge on any atom is -0.468 e. The molecule has 20 atom stereocenters. The van der Waals surface area contributed by atoms with Crippen LogP contribution in [0.1, 0.15) is 73.7 Å². The summed E-state index contributed by atoms with van der Waals surface area (Å²) in [7, 11) is 1.36. The monoisotopic (exact) mass is 1880 g/mol. The maximum absolute atomic E-state index is 13.5. The van der Waals surface area contributed by atoms with Crippen LogP contribution in [0.2, 0.25) is 0 Å². The predicted molar refractivity (Wildman–Crippen MR) is 514 cm³/mol. The third-order valence-corrected chi connectivity index (χ3v) is 25.2. The Morgan fingerprint density at radius 1 is 0.219 bits per heavy atom. The van der Waals surface area contributed by atoms with E-state index < -0.39 is 134 Å². The first-order valence-electron chi connectivity index (χ1n) is 46.8.